The molecule has 0 aliphatic carbocycles. The number of Topliss-reactive ketones (excluding diaryl/α,β-unsaturated/α-hetero) is 1. The molecule has 1 aliphatic heterocycles. The van der Waals surface area contributed by atoms with Crippen LogP contribution in [0.4, 0.5) is 0 Å². The minimum Gasteiger partial charge on any atom is -0.303 e. The molecule has 0 atom stereocenters. The van der Waals surface area contributed by atoms with Crippen molar-refractivity contribution in [3.05, 3.63) is 15.6 Å². The summed E-state index contributed by atoms with van der Waals surface area (Å²) < 4.78 is 0. The van der Waals surface area contributed by atoms with Crippen molar-refractivity contribution < 1.29 is 4.79 Å². The first-order valence-corrected chi connectivity index (χ1v) is 7.24. The van der Waals surface area contributed by atoms with Crippen LogP contribution in [0.3, 0.4) is 0 Å². The monoisotopic (exact) mass is 252 g/mol. The predicted octanol–water partition coefficient (Wildman–Crippen LogP) is 2.55. The Morgan fingerprint density at radius 2 is 2.12 bits per heavy atom. The molecular weight excluding hydrogens is 232 g/mol. The van der Waals surface area contributed by atoms with Crippen molar-refractivity contribution >= 4 is 17.1 Å². The normalized spacial score (nSPS) is 16.6. The Hall–Kier alpha value is -0.740. The van der Waals surface area contributed by atoms with Crippen molar-refractivity contribution in [1.82, 2.24) is 9.88 Å². The average molecular weight is 252 g/mol. The molecule has 2 heterocycles. The zero-order valence-electron chi connectivity index (χ0n) is 10.7. The summed E-state index contributed by atoms with van der Waals surface area (Å²) in [6.07, 6.45) is 4.51. The largest absolute Gasteiger partial charge is 0.303 e. The number of carbonyl (C=O) groups is 1. The van der Waals surface area contributed by atoms with Crippen LogP contribution in [0.25, 0.3) is 0 Å². The van der Waals surface area contributed by atoms with Gasteiger partial charge in [-0.3, -0.25) is 4.79 Å². The lowest BCUT2D eigenvalue weighted by Gasteiger charge is -2.12. The first-order chi connectivity index (χ1) is 8.20. The van der Waals surface area contributed by atoms with Gasteiger partial charge < -0.3 is 4.90 Å². The van der Waals surface area contributed by atoms with Crippen molar-refractivity contribution in [1.29, 1.82) is 0 Å². The van der Waals surface area contributed by atoms with E-state index in [2.05, 4.69) is 16.8 Å². The lowest BCUT2D eigenvalue weighted by atomic mass is 10.2. The van der Waals surface area contributed by atoms with Crippen LogP contribution in [0.1, 0.15) is 47.1 Å². The third-order valence-electron chi connectivity index (χ3n) is 3.24. The third kappa shape index (κ3) is 3.13. The molecule has 17 heavy (non-hydrogen) atoms. The quantitative estimate of drug-likeness (QED) is 0.755. The number of carbonyl (C=O) groups excluding carboxylic acids is 1. The van der Waals surface area contributed by atoms with E-state index >= 15 is 0 Å². The van der Waals surface area contributed by atoms with Crippen molar-refractivity contribution in [2.24, 2.45) is 0 Å². The van der Waals surface area contributed by atoms with E-state index in [1.807, 2.05) is 0 Å². The highest BCUT2D eigenvalue weighted by Gasteiger charge is 2.15. The molecule has 0 amide bonds. The summed E-state index contributed by atoms with van der Waals surface area (Å²) in [5, 5.41) is 1.12. The van der Waals surface area contributed by atoms with E-state index in [0.29, 0.717) is 0 Å². The minimum absolute atomic E-state index is 0.159. The summed E-state index contributed by atoms with van der Waals surface area (Å²) in [6.45, 7) is 7.24. The molecular formula is C13H20N2OS. The van der Waals surface area contributed by atoms with Crippen LogP contribution < -0.4 is 0 Å². The van der Waals surface area contributed by atoms with E-state index in [1.54, 1.807) is 18.3 Å². The molecule has 1 aromatic rings. The van der Waals surface area contributed by atoms with Gasteiger partial charge in [-0.25, -0.2) is 4.98 Å². The molecule has 94 valence electrons. The van der Waals surface area contributed by atoms with E-state index < -0.39 is 0 Å². The molecule has 0 N–H and O–H groups in total. The van der Waals surface area contributed by atoms with Crippen molar-refractivity contribution in [2.75, 3.05) is 19.6 Å². The zero-order valence-corrected chi connectivity index (χ0v) is 11.5. The Morgan fingerprint density at radius 1 is 1.41 bits per heavy atom. The van der Waals surface area contributed by atoms with Gasteiger partial charge in [0.05, 0.1) is 15.6 Å². The maximum atomic E-state index is 11.5. The summed E-state index contributed by atoms with van der Waals surface area (Å²) in [4.78, 5) is 19.4. The number of likely N-dealkylation sites (tertiary alicyclic amines) is 1. The van der Waals surface area contributed by atoms with Gasteiger partial charge in [-0.15, -0.1) is 11.3 Å². The SMILES string of the molecule is CCc1nc(CCN2CCCC2)sc1C(C)=O. The van der Waals surface area contributed by atoms with E-state index in [-0.39, 0.29) is 5.78 Å². The molecule has 4 heteroatoms. The number of aryl methyl sites for hydroxylation is 1. The molecule has 0 unspecified atom stereocenters. The molecule has 1 aromatic heterocycles. The third-order valence-corrected chi connectivity index (χ3v) is 4.50. The summed E-state index contributed by atoms with van der Waals surface area (Å²) in [6, 6.07) is 0. The molecule has 0 aromatic carbocycles. The summed E-state index contributed by atoms with van der Waals surface area (Å²) >= 11 is 1.59. The van der Waals surface area contributed by atoms with Gasteiger partial charge in [-0.2, -0.15) is 0 Å². The number of hydrogen-bond acceptors (Lipinski definition) is 4. The van der Waals surface area contributed by atoms with Crippen LogP contribution in [-0.4, -0.2) is 35.3 Å². The fraction of sp³-hybridized carbons (Fsp3) is 0.692. The maximum absolute atomic E-state index is 11.5. The van der Waals surface area contributed by atoms with E-state index in [9.17, 15) is 4.79 Å². The first-order valence-electron chi connectivity index (χ1n) is 6.42. The molecule has 2 rings (SSSR count). The summed E-state index contributed by atoms with van der Waals surface area (Å²) in [5.74, 6) is 0.159. The Balaban J connectivity index is 1.98. The lowest BCUT2D eigenvalue weighted by molar-refractivity contribution is 0.102. The van der Waals surface area contributed by atoms with Gasteiger partial charge in [0.2, 0.25) is 0 Å². The van der Waals surface area contributed by atoms with Gasteiger partial charge in [0.1, 0.15) is 0 Å². The van der Waals surface area contributed by atoms with Crippen LogP contribution in [0.5, 0.6) is 0 Å². The highest BCUT2D eigenvalue weighted by Crippen LogP contribution is 2.21. The second kappa shape index (κ2) is 5.74. The van der Waals surface area contributed by atoms with Crippen LogP contribution >= 0.6 is 11.3 Å². The Kier molecular flexibility index (Phi) is 4.29. The van der Waals surface area contributed by atoms with E-state index in [1.165, 1.54) is 25.9 Å². The number of thiazole rings is 1. The van der Waals surface area contributed by atoms with Crippen LogP contribution in [0, 0.1) is 0 Å². The molecule has 0 radical (unpaired) electrons. The molecule has 1 aliphatic rings. The highest BCUT2D eigenvalue weighted by molar-refractivity contribution is 7.13. The van der Waals surface area contributed by atoms with Crippen molar-refractivity contribution in [3.63, 3.8) is 0 Å². The average Bonchev–Trinajstić information content (AvgIpc) is 2.95. The van der Waals surface area contributed by atoms with Gasteiger partial charge >= 0.3 is 0 Å². The molecule has 3 nitrogen and oxygen atoms in total. The molecule has 1 fully saturated rings. The van der Waals surface area contributed by atoms with Crippen LogP contribution in [-0.2, 0) is 12.8 Å². The fourth-order valence-corrected chi connectivity index (χ4v) is 3.32. The van der Waals surface area contributed by atoms with Gasteiger partial charge in [-0.1, -0.05) is 6.92 Å². The van der Waals surface area contributed by atoms with Crippen molar-refractivity contribution in [2.45, 2.75) is 39.5 Å². The Morgan fingerprint density at radius 3 is 2.65 bits per heavy atom. The van der Waals surface area contributed by atoms with Crippen molar-refractivity contribution in [3.8, 4) is 0 Å². The standard InChI is InChI=1S/C13H20N2OS/c1-3-11-13(10(2)16)17-12(14-11)6-9-15-7-4-5-8-15/h3-9H2,1-2H3. The zero-order chi connectivity index (χ0) is 12.3. The number of ketones is 1. The van der Waals surface area contributed by atoms with Crippen LogP contribution in [0.2, 0.25) is 0 Å². The van der Waals surface area contributed by atoms with E-state index in [0.717, 1.165) is 35.0 Å². The highest BCUT2D eigenvalue weighted by atomic mass is 32.1. The molecule has 1 saturated heterocycles. The van der Waals surface area contributed by atoms with Gasteiger partial charge in [0.25, 0.3) is 0 Å². The molecule has 0 saturated carbocycles. The smallest absolute Gasteiger partial charge is 0.171 e. The molecule has 0 spiro atoms. The Labute approximate surface area is 107 Å². The summed E-state index contributed by atoms with van der Waals surface area (Å²) in [7, 11) is 0. The van der Waals surface area contributed by atoms with E-state index in [4.69, 9.17) is 0 Å². The first kappa shape index (κ1) is 12.7. The second-order valence-corrected chi connectivity index (χ2v) is 5.68. The fourth-order valence-electron chi connectivity index (χ4n) is 2.28. The number of aromatic nitrogens is 1. The predicted molar refractivity (Wildman–Crippen MR) is 70.9 cm³/mol. The minimum atomic E-state index is 0.159. The number of nitrogens with zero attached hydrogens (tertiary/aromatic N) is 2. The molecule has 0 bridgehead atoms. The van der Waals surface area contributed by atoms with Gasteiger partial charge in [0.15, 0.2) is 5.78 Å². The topological polar surface area (TPSA) is 33.2 Å². The van der Waals surface area contributed by atoms with Gasteiger partial charge in [0, 0.05) is 19.9 Å². The van der Waals surface area contributed by atoms with Gasteiger partial charge in [-0.05, 0) is 32.4 Å². The van der Waals surface area contributed by atoms with Crippen LogP contribution in [0.15, 0.2) is 0 Å². The Bertz CT molecular complexity index is 394. The number of hydrogen-bond donors (Lipinski definition) is 0. The number of rotatable bonds is 5. The second-order valence-electron chi connectivity index (χ2n) is 4.59. The lowest BCUT2D eigenvalue weighted by Crippen LogP contribution is -2.21. The summed E-state index contributed by atoms with van der Waals surface area (Å²) in [5.41, 5.74) is 0.985. The maximum Gasteiger partial charge on any atom is 0.171 e.